The van der Waals surface area contributed by atoms with Gasteiger partial charge in [-0.15, -0.1) is 11.3 Å². The van der Waals surface area contributed by atoms with Gasteiger partial charge in [0.05, 0.1) is 0 Å². The second kappa shape index (κ2) is 4.24. The highest BCUT2D eigenvalue weighted by Gasteiger charge is 2.32. The monoisotopic (exact) mass is 276 g/mol. The highest BCUT2D eigenvalue weighted by atomic mass is 32.1. The molecule has 0 atom stereocenters. The van der Waals surface area contributed by atoms with Crippen molar-refractivity contribution in [3.8, 4) is 0 Å². The summed E-state index contributed by atoms with van der Waals surface area (Å²) in [5.41, 5.74) is 0.226. The molecule has 3 rings (SSSR count). The quantitative estimate of drug-likeness (QED) is 0.916. The van der Waals surface area contributed by atoms with Crippen LogP contribution in [-0.2, 0) is 0 Å². The topological polar surface area (TPSA) is 60.9 Å². The van der Waals surface area contributed by atoms with Gasteiger partial charge in [-0.2, -0.15) is 0 Å². The zero-order valence-corrected chi connectivity index (χ0v) is 11.1. The fourth-order valence-electron chi connectivity index (χ4n) is 2.27. The van der Waals surface area contributed by atoms with Crippen LogP contribution in [0.4, 0.5) is 9.80 Å². The summed E-state index contributed by atoms with van der Waals surface area (Å²) < 4.78 is 0.886. The number of amides is 2. The molecule has 1 saturated heterocycles. The van der Waals surface area contributed by atoms with Crippen LogP contribution in [0.2, 0.25) is 0 Å². The molecular weight excluding hydrogens is 264 g/mol. The summed E-state index contributed by atoms with van der Waals surface area (Å²) in [5, 5.41) is 10.6. The van der Waals surface area contributed by atoms with Crippen molar-refractivity contribution < 1.29 is 14.7 Å². The van der Waals surface area contributed by atoms with Crippen molar-refractivity contribution in [3.05, 3.63) is 29.8 Å². The number of rotatable bonds is 2. The van der Waals surface area contributed by atoms with Gasteiger partial charge in [-0.05, 0) is 6.07 Å². The van der Waals surface area contributed by atoms with Gasteiger partial charge < -0.3 is 10.0 Å². The van der Waals surface area contributed by atoms with E-state index in [9.17, 15) is 14.7 Å². The van der Waals surface area contributed by atoms with Crippen LogP contribution in [0, 0.1) is 0 Å². The Hall–Kier alpha value is -2.08. The first kappa shape index (κ1) is 12.0. The largest absolute Gasteiger partial charge is 0.478 e. The van der Waals surface area contributed by atoms with Gasteiger partial charge in [0.25, 0.3) is 0 Å². The van der Waals surface area contributed by atoms with Gasteiger partial charge in [0, 0.05) is 30.2 Å². The van der Waals surface area contributed by atoms with Crippen LogP contribution >= 0.6 is 11.3 Å². The van der Waals surface area contributed by atoms with Crippen molar-refractivity contribution in [2.75, 3.05) is 25.0 Å². The molecule has 1 aromatic heterocycles. The van der Waals surface area contributed by atoms with Crippen molar-refractivity contribution in [2.24, 2.45) is 0 Å². The van der Waals surface area contributed by atoms with E-state index in [1.165, 1.54) is 11.3 Å². The Morgan fingerprint density at radius 3 is 2.68 bits per heavy atom. The normalized spacial score (nSPS) is 15.5. The number of carbonyl (C=O) groups excluding carboxylic acids is 1. The summed E-state index contributed by atoms with van der Waals surface area (Å²) in [7, 11) is 1.72. The number of carboxylic acids is 1. The summed E-state index contributed by atoms with van der Waals surface area (Å²) in [6, 6.07) is 7.19. The first-order valence-electron chi connectivity index (χ1n) is 5.87. The Kier molecular flexibility index (Phi) is 2.67. The van der Waals surface area contributed by atoms with Crippen molar-refractivity contribution in [1.29, 1.82) is 0 Å². The highest BCUT2D eigenvalue weighted by Crippen LogP contribution is 2.39. The molecule has 1 aliphatic heterocycles. The molecule has 6 heteroatoms. The maximum atomic E-state index is 12.0. The van der Waals surface area contributed by atoms with Crippen LogP contribution in [0.25, 0.3) is 10.1 Å². The number of carbonyl (C=O) groups is 2. The zero-order valence-electron chi connectivity index (χ0n) is 10.3. The number of hydrogen-bond donors (Lipinski definition) is 1. The molecule has 1 N–H and O–H groups in total. The molecule has 2 aromatic rings. The van der Waals surface area contributed by atoms with E-state index < -0.39 is 5.97 Å². The van der Waals surface area contributed by atoms with Gasteiger partial charge >= 0.3 is 12.0 Å². The summed E-state index contributed by atoms with van der Waals surface area (Å²) in [6.07, 6.45) is 0. The average molecular weight is 276 g/mol. The number of hydrogen-bond acceptors (Lipinski definition) is 3. The summed E-state index contributed by atoms with van der Waals surface area (Å²) in [6.45, 7) is 1.15. The maximum absolute atomic E-state index is 12.0. The van der Waals surface area contributed by atoms with E-state index in [0.717, 1.165) is 4.70 Å². The van der Waals surface area contributed by atoms with Gasteiger partial charge in [0.15, 0.2) is 0 Å². The molecule has 19 heavy (non-hydrogen) atoms. The predicted molar refractivity (Wildman–Crippen MR) is 74.2 cm³/mol. The molecule has 1 fully saturated rings. The molecule has 0 saturated carbocycles. The lowest BCUT2D eigenvalue weighted by molar-refractivity contribution is 0.0700. The molecule has 1 aliphatic rings. The summed E-state index contributed by atoms with van der Waals surface area (Å²) in [5.74, 6) is -0.991. The molecule has 0 bridgehead atoms. The minimum atomic E-state index is -0.991. The number of aromatic carboxylic acids is 1. The number of fused-ring (bicyclic) bond motifs is 1. The molecule has 5 nitrogen and oxygen atoms in total. The van der Waals surface area contributed by atoms with Gasteiger partial charge in [0.2, 0.25) is 0 Å². The molecule has 0 spiro atoms. The highest BCUT2D eigenvalue weighted by molar-refractivity contribution is 7.23. The van der Waals surface area contributed by atoms with E-state index in [1.54, 1.807) is 22.9 Å². The fraction of sp³-hybridized carbons (Fsp3) is 0.231. The fourth-order valence-corrected chi connectivity index (χ4v) is 3.48. The van der Waals surface area contributed by atoms with E-state index in [-0.39, 0.29) is 11.6 Å². The number of thiophene rings is 1. The number of anilines is 1. The lowest BCUT2D eigenvalue weighted by Crippen LogP contribution is -2.29. The molecular formula is C13H12N2O3S. The van der Waals surface area contributed by atoms with E-state index >= 15 is 0 Å². The molecule has 0 radical (unpaired) electrons. The molecule has 2 heterocycles. The van der Waals surface area contributed by atoms with Crippen LogP contribution in [-0.4, -0.2) is 42.1 Å². The number of benzene rings is 1. The third kappa shape index (κ3) is 1.76. The Balaban J connectivity index is 2.21. The van der Waals surface area contributed by atoms with Gasteiger partial charge in [-0.25, -0.2) is 9.59 Å². The van der Waals surface area contributed by atoms with Crippen LogP contribution in [0.15, 0.2) is 24.3 Å². The second-order valence-corrected chi connectivity index (χ2v) is 5.47. The first-order valence-corrected chi connectivity index (χ1v) is 6.68. The van der Waals surface area contributed by atoms with Crippen LogP contribution in [0.3, 0.4) is 0 Å². The molecule has 0 aliphatic carbocycles. The van der Waals surface area contributed by atoms with E-state index in [0.29, 0.717) is 23.5 Å². The van der Waals surface area contributed by atoms with Crippen molar-refractivity contribution >= 4 is 38.4 Å². The smallest absolute Gasteiger partial charge is 0.339 e. The lowest BCUT2D eigenvalue weighted by atomic mass is 10.1. The number of carboxylic acid groups (broad SMARTS) is 1. The van der Waals surface area contributed by atoms with Crippen molar-refractivity contribution in [2.45, 2.75) is 0 Å². The van der Waals surface area contributed by atoms with E-state index in [2.05, 4.69) is 0 Å². The van der Waals surface area contributed by atoms with E-state index in [1.807, 2.05) is 18.2 Å². The zero-order chi connectivity index (χ0) is 13.6. The Morgan fingerprint density at radius 1 is 1.32 bits per heavy atom. The SMILES string of the molecule is CN1CCN(c2sc3ccccc3c2C(=O)O)C1=O. The Labute approximate surface area is 113 Å². The van der Waals surface area contributed by atoms with Crippen LogP contribution in [0.1, 0.15) is 10.4 Å². The first-order chi connectivity index (χ1) is 9.09. The lowest BCUT2D eigenvalue weighted by Gasteiger charge is -2.14. The Bertz CT molecular complexity index is 680. The number of likely N-dealkylation sites (N-methyl/N-ethyl adjacent to an activating group) is 1. The van der Waals surface area contributed by atoms with Gasteiger partial charge in [-0.3, -0.25) is 4.90 Å². The van der Waals surface area contributed by atoms with Gasteiger partial charge in [-0.1, -0.05) is 18.2 Å². The second-order valence-electron chi connectivity index (χ2n) is 4.44. The van der Waals surface area contributed by atoms with Gasteiger partial charge in [0.1, 0.15) is 10.6 Å². The van der Waals surface area contributed by atoms with E-state index in [4.69, 9.17) is 0 Å². The molecule has 2 amide bonds. The molecule has 1 aromatic carbocycles. The third-order valence-electron chi connectivity index (χ3n) is 3.25. The maximum Gasteiger partial charge on any atom is 0.339 e. The third-order valence-corrected chi connectivity index (χ3v) is 4.45. The number of nitrogens with zero attached hydrogens (tertiary/aromatic N) is 2. The standard InChI is InChI=1S/C13H12N2O3S/c1-14-6-7-15(13(14)18)11-10(12(16)17)8-4-2-3-5-9(8)19-11/h2-5H,6-7H2,1H3,(H,16,17). The minimum Gasteiger partial charge on any atom is -0.478 e. The van der Waals surface area contributed by atoms with Crippen molar-refractivity contribution in [1.82, 2.24) is 4.90 Å². The average Bonchev–Trinajstić information content (AvgIpc) is 2.91. The van der Waals surface area contributed by atoms with Crippen LogP contribution < -0.4 is 4.90 Å². The molecule has 98 valence electrons. The minimum absolute atomic E-state index is 0.144. The number of urea groups is 1. The summed E-state index contributed by atoms with van der Waals surface area (Å²) in [4.78, 5) is 26.7. The molecule has 0 unspecified atom stereocenters. The van der Waals surface area contributed by atoms with Crippen LogP contribution in [0.5, 0.6) is 0 Å². The predicted octanol–water partition coefficient (Wildman–Crippen LogP) is 2.47. The van der Waals surface area contributed by atoms with Crippen molar-refractivity contribution in [3.63, 3.8) is 0 Å². The summed E-state index contributed by atoms with van der Waals surface area (Å²) >= 11 is 1.35. The Morgan fingerprint density at radius 2 is 2.05 bits per heavy atom.